The first-order chi connectivity index (χ1) is 9.86. The molecule has 0 aliphatic heterocycles. The van der Waals surface area contributed by atoms with Crippen molar-refractivity contribution < 1.29 is 8.42 Å². The topological polar surface area (TPSA) is 92.1 Å². The van der Waals surface area contributed by atoms with E-state index in [9.17, 15) is 8.42 Å². The molecule has 6 nitrogen and oxygen atoms in total. The molecule has 3 N–H and O–H groups in total. The number of halogens is 1. The van der Waals surface area contributed by atoms with E-state index in [1.54, 1.807) is 25.1 Å². The SMILES string of the molecule is Cc1[nH]nc(S(=O)(=O)N(C)Cc2cccc(Cl)c2)c1CN. The Morgan fingerprint density at radius 3 is 2.76 bits per heavy atom. The first-order valence-corrected chi connectivity index (χ1v) is 8.12. The zero-order valence-corrected chi connectivity index (χ0v) is 13.4. The predicted octanol–water partition coefficient (Wildman–Crippen LogP) is 1.65. The number of aryl methyl sites for hydroxylation is 1. The average molecular weight is 329 g/mol. The molecular weight excluding hydrogens is 312 g/mol. The van der Waals surface area contributed by atoms with Gasteiger partial charge in [0, 0.05) is 36.4 Å². The number of H-pyrrole nitrogens is 1. The van der Waals surface area contributed by atoms with E-state index in [2.05, 4.69) is 10.2 Å². The summed E-state index contributed by atoms with van der Waals surface area (Å²) in [7, 11) is -2.20. The van der Waals surface area contributed by atoms with E-state index in [1.807, 2.05) is 6.07 Å². The second-order valence-corrected chi connectivity index (χ2v) is 7.12. The Balaban J connectivity index is 2.30. The third kappa shape index (κ3) is 3.26. The molecule has 2 rings (SSSR count). The van der Waals surface area contributed by atoms with Gasteiger partial charge in [-0.1, -0.05) is 23.7 Å². The number of nitrogens with two attached hydrogens (primary N) is 1. The van der Waals surface area contributed by atoms with Gasteiger partial charge in [-0.25, -0.2) is 8.42 Å². The predicted molar refractivity (Wildman–Crippen MR) is 81.3 cm³/mol. The number of benzene rings is 1. The van der Waals surface area contributed by atoms with Crippen molar-refractivity contribution in [1.29, 1.82) is 0 Å². The van der Waals surface area contributed by atoms with Gasteiger partial charge in [0.25, 0.3) is 10.0 Å². The molecule has 1 aromatic carbocycles. The molecule has 0 spiro atoms. The van der Waals surface area contributed by atoms with Crippen LogP contribution in [0.3, 0.4) is 0 Å². The van der Waals surface area contributed by atoms with E-state index in [1.165, 1.54) is 11.4 Å². The Labute approximate surface area is 129 Å². The van der Waals surface area contributed by atoms with Crippen molar-refractivity contribution in [3.63, 3.8) is 0 Å². The fraction of sp³-hybridized carbons (Fsp3) is 0.308. The van der Waals surface area contributed by atoms with Crippen LogP contribution in [0.2, 0.25) is 5.02 Å². The summed E-state index contributed by atoms with van der Waals surface area (Å²) in [6.07, 6.45) is 0. The number of nitrogens with zero attached hydrogens (tertiary/aromatic N) is 2. The van der Waals surface area contributed by atoms with Crippen LogP contribution < -0.4 is 5.73 Å². The van der Waals surface area contributed by atoms with E-state index in [0.29, 0.717) is 16.3 Å². The number of nitrogens with one attached hydrogen (secondary N) is 1. The Bertz CT molecular complexity index is 742. The summed E-state index contributed by atoms with van der Waals surface area (Å²) in [5.41, 5.74) is 7.57. The highest BCUT2D eigenvalue weighted by Gasteiger charge is 2.27. The van der Waals surface area contributed by atoms with Gasteiger partial charge >= 0.3 is 0 Å². The van der Waals surface area contributed by atoms with Crippen LogP contribution in [0.15, 0.2) is 29.3 Å². The smallest absolute Gasteiger partial charge is 0.262 e. The quantitative estimate of drug-likeness (QED) is 0.873. The van der Waals surface area contributed by atoms with E-state index in [-0.39, 0.29) is 18.1 Å². The fourth-order valence-corrected chi connectivity index (χ4v) is 3.54. The van der Waals surface area contributed by atoms with E-state index < -0.39 is 10.0 Å². The van der Waals surface area contributed by atoms with Crippen LogP contribution in [0.1, 0.15) is 16.8 Å². The summed E-state index contributed by atoms with van der Waals surface area (Å²) in [4.78, 5) is 0. The lowest BCUT2D eigenvalue weighted by Crippen LogP contribution is -2.28. The molecule has 0 atom stereocenters. The molecule has 8 heteroatoms. The molecule has 21 heavy (non-hydrogen) atoms. The van der Waals surface area contributed by atoms with Gasteiger partial charge in [-0.3, -0.25) is 5.10 Å². The van der Waals surface area contributed by atoms with Gasteiger partial charge in [-0.05, 0) is 24.6 Å². The standard InChI is InChI=1S/C13H17ClN4O2S/c1-9-12(7-15)13(17-16-9)21(19,20)18(2)8-10-4-3-5-11(14)6-10/h3-6H,7-8,15H2,1-2H3,(H,16,17). The van der Waals surface area contributed by atoms with Gasteiger partial charge in [-0.2, -0.15) is 9.40 Å². The maximum atomic E-state index is 12.6. The number of rotatable bonds is 5. The normalized spacial score (nSPS) is 12.0. The van der Waals surface area contributed by atoms with E-state index in [4.69, 9.17) is 17.3 Å². The number of sulfonamides is 1. The highest BCUT2D eigenvalue weighted by atomic mass is 35.5. The fourth-order valence-electron chi connectivity index (χ4n) is 2.01. The summed E-state index contributed by atoms with van der Waals surface area (Å²) in [5.74, 6) is 0. The third-order valence-corrected chi connectivity index (χ3v) is 5.20. The van der Waals surface area contributed by atoms with Crippen molar-refractivity contribution in [3.05, 3.63) is 46.1 Å². The second kappa shape index (κ2) is 6.15. The van der Waals surface area contributed by atoms with Crippen molar-refractivity contribution >= 4 is 21.6 Å². The first kappa shape index (κ1) is 16.0. The third-order valence-electron chi connectivity index (χ3n) is 3.19. The zero-order chi connectivity index (χ0) is 15.6. The molecular formula is C13H17ClN4O2S. The molecule has 1 aromatic heterocycles. The minimum absolute atomic E-state index is 0.0213. The monoisotopic (exact) mass is 328 g/mol. The molecule has 0 unspecified atom stereocenters. The molecule has 0 radical (unpaired) electrons. The van der Waals surface area contributed by atoms with E-state index >= 15 is 0 Å². The van der Waals surface area contributed by atoms with Gasteiger partial charge in [0.15, 0.2) is 5.03 Å². The van der Waals surface area contributed by atoms with Crippen molar-refractivity contribution in [2.45, 2.75) is 25.0 Å². The first-order valence-electron chi connectivity index (χ1n) is 6.31. The van der Waals surface area contributed by atoms with Crippen LogP contribution in [0.4, 0.5) is 0 Å². The Hall–Kier alpha value is -1.41. The molecule has 0 amide bonds. The van der Waals surface area contributed by atoms with Crippen molar-refractivity contribution in [2.24, 2.45) is 5.73 Å². The zero-order valence-electron chi connectivity index (χ0n) is 11.8. The second-order valence-electron chi connectivity index (χ2n) is 4.73. The van der Waals surface area contributed by atoms with Crippen molar-refractivity contribution in [1.82, 2.24) is 14.5 Å². The summed E-state index contributed by atoms with van der Waals surface area (Å²) >= 11 is 5.91. The average Bonchev–Trinajstić information content (AvgIpc) is 2.80. The van der Waals surface area contributed by atoms with Crippen molar-refractivity contribution in [2.75, 3.05) is 7.05 Å². The summed E-state index contributed by atoms with van der Waals surface area (Å²) in [6.45, 7) is 2.06. The maximum absolute atomic E-state index is 12.6. The lowest BCUT2D eigenvalue weighted by Gasteiger charge is -2.16. The summed E-state index contributed by atoms with van der Waals surface area (Å²) < 4.78 is 26.4. The van der Waals surface area contributed by atoms with Crippen LogP contribution >= 0.6 is 11.6 Å². The van der Waals surface area contributed by atoms with Crippen LogP contribution in [0, 0.1) is 6.92 Å². The lowest BCUT2D eigenvalue weighted by molar-refractivity contribution is 0.463. The van der Waals surface area contributed by atoms with Gasteiger partial charge in [0.2, 0.25) is 0 Å². The van der Waals surface area contributed by atoms with Gasteiger partial charge in [0.1, 0.15) is 0 Å². The van der Waals surface area contributed by atoms with E-state index in [0.717, 1.165) is 5.56 Å². The molecule has 0 bridgehead atoms. The van der Waals surface area contributed by atoms with Crippen LogP contribution in [0.25, 0.3) is 0 Å². The Morgan fingerprint density at radius 2 is 2.14 bits per heavy atom. The molecule has 0 aliphatic carbocycles. The number of hydrogen-bond donors (Lipinski definition) is 2. The maximum Gasteiger partial charge on any atom is 0.262 e. The van der Waals surface area contributed by atoms with Gasteiger partial charge in [-0.15, -0.1) is 0 Å². The molecule has 0 saturated carbocycles. The lowest BCUT2D eigenvalue weighted by atomic mass is 10.2. The molecule has 0 aliphatic rings. The minimum Gasteiger partial charge on any atom is -0.326 e. The molecule has 114 valence electrons. The highest BCUT2D eigenvalue weighted by Crippen LogP contribution is 2.21. The molecule has 0 fully saturated rings. The Morgan fingerprint density at radius 1 is 1.43 bits per heavy atom. The highest BCUT2D eigenvalue weighted by molar-refractivity contribution is 7.89. The molecule has 0 saturated heterocycles. The number of aromatic amines is 1. The summed E-state index contributed by atoms with van der Waals surface area (Å²) in [6, 6.07) is 7.07. The van der Waals surface area contributed by atoms with Crippen LogP contribution in [0.5, 0.6) is 0 Å². The minimum atomic E-state index is -3.70. The number of hydrogen-bond acceptors (Lipinski definition) is 4. The molecule has 2 aromatic rings. The van der Waals surface area contributed by atoms with Crippen LogP contribution in [-0.2, 0) is 23.1 Å². The molecule has 1 heterocycles. The van der Waals surface area contributed by atoms with Crippen molar-refractivity contribution in [3.8, 4) is 0 Å². The van der Waals surface area contributed by atoms with Gasteiger partial charge < -0.3 is 5.73 Å². The number of aromatic nitrogens is 2. The Kier molecular flexibility index (Phi) is 4.67. The largest absolute Gasteiger partial charge is 0.326 e. The van der Waals surface area contributed by atoms with Gasteiger partial charge in [0.05, 0.1) is 0 Å². The summed E-state index contributed by atoms with van der Waals surface area (Å²) in [5, 5.41) is 7.09. The van der Waals surface area contributed by atoms with Crippen LogP contribution in [-0.4, -0.2) is 30.0 Å².